The lowest BCUT2D eigenvalue weighted by Crippen LogP contribution is -2.43. The maximum Gasteiger partial charge on any atom is 0.129 e. The summed E-state index contributed by atoms with van der Waals surface area (Å²) in [5.41, 5.74) is 2.58. The summed E-state index contributed by atoms with van der Waals surface area (Å²) in [6.45, 7) is 5.18. The number of nitrogens with one attached hydrogen (secondary N) is 1. The van der Waals surface area contributed by atoms with Crippen LogP contribution in [0, 0.1) is 0 Å². The van der Waals surface area contributed by atoms with Crippen molar-refractivity contribution in [1.82, 2.24) is 10.3 Å². The molecule has 1 aliphatic carbocycles. The number of hydrogen-bond donors (Lipinski definition) is 1. The van der Waals surface area contributed by atoms with Crippen LogP contribution in [0.25, 0.3) is 0 Å². The Morgan fingerprint density at radius 3 is 2.62 bits per heavy atom. The lowest BCUT2D eigenvalue weighted by molar-refractivity contribution is 0.0302. The fourth-order valence-electron chi connectivity index (χ4n) is 3.43. The molecule has 2 atom stereocenters. The van der Waals surface area contributed by atoms with Gasteiger partial charge in [0, 0.05) is 31.4 Å². The van der Waals surface area contributed by atoms with Crippen LogP contribution < -0.4 is 10.2 Å². The van der Waals surface area contributed by atoms with Crippen molar-refractivity contribution in [3.63, 3.8) is 0 Å². The van der Waals surface area contributed by atoms with Gasteiger partial charge in [-0.2, -0.15) is 0 Å². The number of anilines is 1. The average Bonchev–Trinajstić information content (AvgIpc) is 3.29. The second-order valence-electron chi connectivity index (χ2n) is 6.70. The number of rotatable bonds is 5. The highest BCUT2D eigenvalue weighted by atomic mass is 16.5. The molecule has 2 bridgehead atoms. The van der Waals surface area contributed by atoms with Crippen molar-refractivity contribution in [3.8, 4) is 0 Å². The molecule has 1 aromatic heterocycles. The summed E-state index contributed by atoms with van der Waals surface area (Å²) in [7, 11) is 0. The lowest BCUT2D eigenvalue weighted by atomic mass is 10.1. The van der Waals surface area contributed by atoms with E-state index in [1.54, 1.807) is 0 Å². The number of fused-ring (bicyclic) bond motifs is 2. The molecule has 1 saturated carbocycles. The minimum absolute atomic E-state index is 0.420. The van der Waals surface area contributed by atoms with Gasteiger partial charge in [-0.25, -0.2) is 4.98 Å². The summed E-state index contributed by atoms with van der Waals surface area (Å²) in [4.78, 5) is 7.29. The summed E-state index contributed by atoms with van der Waals surface area (Å²) < 4.78 is 5.94. The number of ether oxygens (including phenoxy) is 1. The Kier molecular flexibility index (Phi) is 3.59. The minimum Gasteiger partial charge on any atom is -0.371 e. The smallest absolute Gasteiger partial charge is 0.129 e. The van der Waals surface area contributed by atoms with Gasteiger partial charge in [0.2, 0.25) is 0 Å². The Hall–Kier alpha value is -1.13. The first kappa shape index (κ1) is 13.5. The Morgan fingerprint density at radius 2 is 1.95 bits per heavy atom. The van der Waals surface area contributed by atoms with E-state index in [1.807, 2.05) is 0 Å². The van der Waals surface area contributed by atoms with Crippen LogP contribution in [0.3, 0.4) is 0 Å². The summed E-state index contributed by atoms with van der Waals surface area (Å²) in [6.07, 6.45) is 6.95. The highest BCUT2D eigenvalue weighted by Gasteiger charge is 2.34. The molecule has 1 N–H and O–H groups in total. The molecular formula is C17H25N3O. The molecule has 2 aliphatic heterocycles. The SMILES string of the molecule is CCc1cc(CNC2CC2)cc(N2CC3CCC(C2)O3)n1. The topological polar surface area (TPSA) is 37.4 Å². The number of aryl methyl sites for hydroxylation is 1. The molecule has 3 heterocycles. The van der Waals surface area contributed by atoms with Gasteiger partial charge in [-0.1, -0.05) is 6.92 Å². The molecule has 3 aliphatic rings. The highest BCUT2D eigenvalue weighted by molar-refractivity contribution is 5.44. The molecule has 0 spiro atoms. The van der Waals surface area contributed by atoms with Gasteiger partial charge in [0.1, 0.15) is 5.82 Å². The molecule has 4 heteroatoms. The molecule has 0 amide bonds. The molecule has 4 rings (SSSR count). The predicted molar refractivity (Wildman–Crippen MR) is 83.6 cm³/mol. The number of aromatic nitrogens is 1. The quantitative estimate of drug-likeness (QED) is 0.901. The van der Waals surface area contributed by atoms with Gasteiger partial charge >= 0.3 is 0 Å². The summed E-state index contributed by atoms with van der Waals surface area (Å²) in [6, 6.07) is 5.29. The Labute approximate surface area is 126 Å². The van der Waals surface area contributed by atoms with Gasteiger partial charge in [0.25, 0.3) is 0 Å². The maximum absolute atomic E-state index is 5.94. The molecule has 2 saturated heterocycles. The normalized spacial score (nSPS) is 28.1. The number of hydrogen-bond acceptors (Lipinski definition) is 4. The van der Waals surface area contributed by atoms with E-state index in [0.717, 1.165) is 37.9 Å². The van der Waals surface area contributed by atoms with Crippen LogP contribution in [0.1, 0.15) is 43.9 Å². The third kappa shape index (κ3) is 3.06. The predicted octanol–water partition coefficient (Wildman–Crippen LogP) is 2.26. The molecule has 21 heavy (non-hydrogen) atoms. The monoisotopic (exact) mass is 287 g/mol. The van der Waals surface area contributed by atoms with Crippen LogP contribution in [0.5, 0.6) is 0 Å². The van der Waals surface area contributed by atoms with Crippen LogP contribution in [0.4, 0.5) is 5.82 Å². The van der Waals surface area contributed by atoms with Crippen LogP contribution in [0.15, 0.2) is 12.1 Å². The van der Waals surface area contributed by atoms with Gasteiger partial charge in [0.05, 0.1) is 12.2 Å². The zero-order valence-electron chi connectivity index (χ0n) is 12.8. The van der Waals surface area contributed by atoms with E-state index < -0.39 is 0 Å². The van der Waals surface area contributed by atoms with Crippen molar-refractivity contribution >= 4 is 5.82 Å². The lowest BCUT2D eigenvalue weighted by Gasteiger charge is -2.33. The van der Waals surface area contributed by atoms with E-state index in [1.165, 1.54) is 36.9 Å². The largest absolute Gasteiger partial charge is 0.371 e. The number of morpholine rings is 1. The summed E-state index contributed by atoms with van der Waals surface area (Å²) >= 11 is 0. The second kappa shape index (κ2) is 5.58. The molecule has 0 aromatic carbocycles. The first-order valence-electron chi connectivity index (χ1n) is 8.44. The van der Waals surface area contributed by atoms with Crippen molar-refractivity contribution in [1.29, 1.82) is 0 Å². The second-order valence-corrected chi connectivity index (χ2v) is 6.70. The van der Waals surface area contributed by atoms with Crippen molar-refractivity contribution in [3.05, 3.63) is 23.4 Å². The van der Waals surface area contributed by atoms with E-state index in [0.29, 0.717) is 12.2 Å². The molecule has 4 nitrogen and oxygen atoms in total. The molecule has 0 radical (unpaired) electrons. The van der Waals surface area contributed by atoms with Gasteiger partial charge in [-0.3, -0.25) is 0 Å². The standard InChI is InChI=1S/C17H25N3O/c1-2-13-7-12(9-18-14-3-4-14)8-17(19-13)20-10-15-5-6-16(11-20)21-15/h7-8,14-16,18H,2-6,9-11H2,1H3. The fourth-order valence-corrected chi connectivity index (χ4v) is 3.43. The maximum atomic E-state index is 5.94. The first-order valence-corrected chi connectivity index (χ1v) is 8.44. The Balaban J connectivity index is 1.53. The molecule has 2 unspecified atom stereocenters. The van der Waals surface area contributed by atoms with Gasteiger partial charge in [-0.15, -0.1) is 0 Å². The van der Waals surface area contributed by atoms with E-state index in [4.69, 9.17) is 9.72 Å². The third-order valence-corrected chi connectivity index (χ3v) is 4.83. The fraction of sp³-hybridized carbons (Fsp3) is 0.706. The van der Waals surface area contributed by atoms with Crippen LogP contribution >= 0.6 is 0 Å². The van der Waals surface area contributed by atoms with Crippen molar-refractivity contribution in [2.45, 2.75) is 63.8 Å². The van der Waals surface area contributed by atoms with E-state index in [2.05, 4.69) is 29.3 Å². The highest BCUT2D eigenvalue weighted by Crippen LogP contribution is 2.29. The average molecular weight is 287 g/mol. The minimum atomic E-state index is 0.420. The van der Waals surface area contributed by atoms with E-state index in [9.17, 15) is 0 Å². The van der Waals surface area contributed by atoms with Crippen LogP contribution in [-0.4, -0.2) is 36.3 Å². The zero-order chi connectivity index (χ0) is 14.2. The molecular weight excluding hydrogens is 262 g/mol. The van der Waals surface area contributed by atoms with Gasteiger partial charge < -0.3 is 15.0 Å². The van der Waals surface area contributed by atoms with Gasteiger partial charge in [0.15, 0.2) is 0 Å². The Bertz CT molecular complexity index is 503. The first-order chi connectivity index (χ1) is 10.3. The molecule has 1 aromatic rings. The van der Waals surface area contributed by atoms with E-state index >= 15 is 0 Å². The molecule has 3 fully saturated rings. The summed E-state index contributed by atoms with van der Waals surface area (Å²) in [5.74, 6) is 1.15. The number of pyridine rings is 1. The summed E-state index contributed by atoms with van der Waals surface area (Å²) in [5, 5.41) is 3.61. The van der Waals surface area contributed by atoms with Crippen LogP contribution in [0.2, 0.25) is 0 Å². The van der Waals surface area contributed by atoms with Crippen LogP contribution in [-0.2, 0) is 17.7 Å². The van der Waals surface area contributed by atoms with Crippen molar-refractivity contribution in [2.24, 2.45) is 0 Å². The van der Waals surface area contributed by atoms with Gasteiger partial charge in [-0.05, 0) is 49.8 Å². The van der Waals surface area contributed by atoms with Crippen molar-refractivity contribution < 1.29 is 4.74 Å². The van der Waals surface area contributed by atoms with Crippen molar-refractivity contribution in [2.75, 3.05) is 18.0 Å². The Morgan fingerprint density at radius 1 is 1.19 bits per heavy atom. The van der Waals surface area contributed by atoms with E-state index in [-0.39, 0.29) is 0 Å². The third-order valence-electron chi connectivity index (χ3n) is 4.83. The molecule has 114 valence electrons. The number of nitrogens with zero attached hydrogens (tertiary/aromatic N) is 2. The zero-order valence-corrected chi connectivity index (χ0v) is 12.8.